The molecule has 2 heterocycles. The molecule has 0 amide bonds. The molecule has 0 aliphatic carbocycles. The lowest BCUT2D eigenvalue weighted by molar-refractivity contribution is 0.669. The minimum atomic E-state index is 0.880. The normalized spacial score (nSPS) is 11.6. The molecule has 67 heavy (non-hydrogen) atoms. The van der Waals surface area contributed by atoms with Crippen LogP contribution in [0.2, 0.25) is 0 Å². The summed E-state index contributed by atoms with van der Waals surface area (Å²) in [5.41, 5.74) is 17.9. The van der Waals surface area contributed by atoms with E-state index in [-0.39, 0.29) is 0 Å². The third-order valence-electron chi connectivity index (χ3n) is 13.4. The van der Waals surface area contributed by atoms with Gasteiger partial charge in [-0.15, -0.1) is 0 Å². The lowest BCUT2D eigenvalue weighted by atomic mass is 9.97. The Labute approximate surface area is 388 Å². The maximum Gasteiger partial charge on any atom is 0.136 e. The van der Waals surface area contributed by atoms with E-state index in [1.165, 1.54) is 60.4 Å². The van der Waals surface area contributed by atoms with E-state index in [2.05, 4.69) is 252 Å². The summed E-state index contributed by atoms with van der Waals surface area (Å²) in [6, 6.07) is 91.9. The van der Waals surface area contributed by atoms with Crippen molar-refractivity contribution in [1.29, 1.82) is 0 Å². The fourth-order valence-electron chi connectivity index (χ4n) is 10.2. The Morgan fingerprint density at radius 2 is 0.806 bits per heavy atom. The second-order valence-corrected chi connectivity index (χ2v) is 17.3. The SMILES string of the molecule is c1cc(-c2ccc(-c3ccc(N(c4ccc(-c5cccc6ccccc56)cc4)c4ccccc4-c4ccc5c(c4)oc4ccccc45)cc3)cc2)cc(-n2c3ccccc3c3ccccc32)c1. The number of benzene rings is 11. The largest absolute Gasteiger partial charge is 0.456 e. The molecule has 0 saturated carbocycles. The van der Waals surface area contributed by atoms with E-state index in [0.717, 1.165) is 61.4 Å². The monoisotopic (exact) mass is 854 g/mol. The molecule has 314 valence electrons. The number of furan rings is 1. The van der Waals surface area contributed by atoms with Crippen LogP contribution in [0.3, 0.4) is 0 Å². The van der Waals surface area contributed by atoms with Gasteiger partial charge in [0.15, 0.2) is 0 Å². The number of aromatic nitrogens is 1. The van der Waals surface area contributed by atoms with Crippen molar-refractivity contribution in [1.82, 2.24) is 4.57 Å². The second kappa shape index (κ2) is 16.0. The molecule has 2 aromatic heterocycles. The van der Waals surface area contributed by atoms with E-state index in [9.17, 15) is 0 Å². The molecule has 0 spiro atoms. The molecule has 0 N–H and O–H groups in total. The van der Waals surface area contributed by atoms with Gasteiger partial charge in [-0.25, -0.2) is 0 Å². The first-order valence-corrected chi connectivity index (χ1v) is 22.9. The number of nitrogens with zero attached hydrogens (tertiary/aromatic N) is 2. The van der Waals surface area contributed by atoms with Crippen molar-refractivity contribution in [2.75, 3.05) is 4.90 Å². The van der Waals surface area contributed by atoms with Crippen molar-refractivity contribution < 1.29 is 4.42 Å². The molecule has 3 nitrogen and oxygen atoms in total. The molecule has 0 fully saturated rings. The minimum absolute atomic E-state index is 0.880. The van der Waals surface area contributed by atoms with Crippen LogP contribution in [0.4, 0.5) is 17.1 Å². The number of para-hydroxylation sites is 4. The summed E-state index contributed by atoms with van der Waals surface area (Å²) in [7, 11) is 0. The molecule has 0 bridgehead atoms. The highest BCUT2D eigenvalue weighted by atomic mass is 16.3. The van der Waals surface area contributed by atoms with Gasteiger partial charge in [-0.2, -0.15) is 0 Å². The van der Waals surface area contributed by atoms with E-state index >= 15 is 0 Å². The van der Waals surface area contributed by atoms with Crippen molar-refractivity contribution >= 4 is 71.6 Å². The second-order valence-electron chi connectivity index (χ2n) is 17.3. The fourth-order valence-corrected chi connectivity index (χ4v) is 10.2. The van der Waals surface area contributed by atoms with Gasteiger partial charge in [-0.05, 0) is 123 Å². The molecule has 0 radical (unpaired) electrons. The Morgan fingerprint density at radius 1 is 0.299 bits per heavy atom. The first-order valence-electron chi connectivity index (χ1n) is 22.9. The maximum absolute atomic E-state index is 6.39. The van der Waals surface area contributed by atoms with Gasteiger partial charge in [-0.3, -0.25) is 0 Å². The quantitative estimate of drug-likeness (QED) is 0.152. The molecule has 13 aromatic rings. The average molecular weight is 855 g/mol. The van der Waals surface area contributed by atoms with Crippen molar-refractivity contribution in [2.24, 2.45) is 0 Å². The third kappa shape index (κ3) is 6.67. The molecule has 0 aliphatic heterocycles. The van der Waals surface area contributed by atoms with Gasteiger partial charge in [0.1, 0.15) is 11.2 Å². The molecule has 13 rings (SSSR count). The summed E-state index contributed by atoms with van der Waals surface area (Å²) in [6.07, 6.45) is 0. The fraction of sp³-hybridized carbons (Fsp3) is 0. The number of rotatable bonds is 8. The van der Waals surface area contributed by atoms with Gasteiger partial charge in [0.05, 0.1) is 16.7 Å². The molecule has 0 atom stereocenters. The lowest BCUT2D eigenvalue weighted by Gasteiger charge is -2.28. The maximum atomic E-state index is 6.39. The predicted molar refractivity (Wildman–Crippen MR) is 282 cm³/mol. The van der Waals surface area contributed by atoms with Gasteiger partial charge in [-0.1, -0.05) is 182 Å². The van der Waals surface area contributed by atoms with E-state index in [4.69, 9.17) is 4.42 Å². The molecule has 0 aliphatic rings. The van der Waals surface area contributed by atoms with Crippen LogP contribution < -0.4 is 4.90 Å². The summed E-state index contributed by atoms with van der Waals surface area (Å²) in [6.45, 7) is 0. The van der Waals surface area contributed by atoms with Gasteiger partial charge in [0, 0.05) is 44.2 Å². The van der Waals surface area contributed by atoms with Gasteiger partial charge in [0.25, 0.3) is 0 Å². The predicted octanol–water partition coefficient (Wildman–Crippen LogP) is 18.0. The lowest BCUT2D eigenvalue weighted by Crippen LogP contribution is -2.11. The van der Waals surface area contributed by atoms with Crippen LogP contribution in [-0.4, -0.2) is 4.57 Å². The molecule has 11 aromatic carbocycles. The van der Waals surface area contributed by atoms with Gasteiger partial charge < -0.3 is 13.9 Å². The zero-order valence-electron chi connectivity index (χ0n) is 36.6. The third-order valence-corrected chi connectivity index (χ3v) is 13.4. The number of anilines is 3. The standard InChI is InChI=1S/C64H42N2O/c1-2-17-53-46(13-1)14-12-22-54(53)47-33-38-51(39-34-47)65(60-23-7-3-18-55(60)49-35-40-59-58-21-6-10-26-63(58)67-64(59)42-49)50-36-31-44(32-37-50)43-27-29-45(30-28-43)48-15-11-16-52(41-48)66-61-24-8-4-19-56(61)57-20-5-9-25-62(57)66/h1-42H. The molecular formula is C64H42N2O. The van der Waals surface area contributed by atoms with E-state index < -0.39 is 0 Å². The van der Waals surface area contributed by atoms with Crippen LogP contribution in [0, 0.1) is 0 Å². The van der Waals surface area contributed by atoms with Crippen LogP contribution in [-0.2, 0) is 0 Å². The molecular weight excluding hydrogens is 813 g/mol. The van der Waals surface area contributed by atoms with Crippen molar-refractivity contribution in [3.05, 3.63) is 255 Å². The highest BCUT2D eigenvalue weighted by molar-refractivity contribution is 6.09. The van der Waals surface area contributed by atoms with Crippen molar-refractivity contribution in [3.63, 3.8) is 0 Å². The summed E-state index contributed by atoms with van der Waals surface area (Å²) in [5, 5.41) is 7.26. The molecule has 0 saturated heterocycles. The van der Waals surface area contributed by atoms with Gasteiger partial charge >= 0.3 is 0 Å². The Kier molecular flexibility index (Phi) is 9.17. The van der Waals surface area contributed by atoms with Crippen LogP contribution in [0.5, 0.6) is 0 Å². The Hall–Kier alpha value is -8.92. The number of fused-ring (bicyclic) bond motifs is 7. The van der Waals surface area contributed by atoms with E-state index in [1.807, 2.05) is 12.1 Å². The van der Waals surface area contributed by atoms with Crippen LogP contribution in [0.1, 0.15) is 0 Å². The highest BCUT2D eigenvalue weighted by Crippen LogP contribution is 2.44. The van der Waals surface area contributed by atoms with Crippen molar-refractivity contribution in [2.45, 2.75) is 0 Å². The zero-order chi connectivity index (χ0) is 44.3. The zero-order valence-corrected chi connectivity index (χ0v) is 36.6. The average Bonchev–Trinajstić information content (AvgIpc) is 3.95. The summed E-state index contributed by atoms with van der Waals surface area (Å²) >= 11 is 0. The Morgan fingerprint density at radius 3 is 1.54 bits per heavy atom. The first kappa shape index (κ1) is 38.5. The van der Waals surface area contributed by atoms with Crippen LogP contribution in [0.25, 0.3) is 105 Å². The molecule has 3 heteroatoms. The van der Waals surface area contributed by atoms with E-state index in [1.54, 1.807) is 0 Å². The van der Waals surface area contributed by atoms with Gasteiger partial charge in [0.2, 0.25) is 0 Å². The highest BCUT2D eigenvalue weighted by Gasteiger charge is 2.19. The summed E-state index contributed by atoms with van der Waals surface area (Å²) in [4.78, 5) is 2.38. The smallest absolute Gasteiger partial charge is 0.136 e. The van der Waals surface area contributed by atoms with Crippen molar-refractivity contribution in [3.8, 4) is 50.2 Å². The first-order chi connectivity index (χ1) is 33.2. The Balaban J connectivity index is 0.862. The number of hydrogen-bond donors (Lipinski definition) is 0. The minimum Gasteiger partial charge on any atom is -0.456 e. The van der Waals surface area contributed by atoms with E-state index in [0.29, 0.717) is 0 Å². The van der Waals surface area contributed by atoms with Crippen LogP contribution in [0.15, 0.2) is 259 Å². The molecule has 0 unspecified atom stereocenters. The topological polar surface area (TPSA) is 21.3 Å². The Bertz CT molecular complexity index is 3910. The van der Waals surface area contributed by atoms with Crippen LogP contribution >= 0.6 is 0 Å². The number of hydrogen-bond acceptors (Lipinski definition) is 2. The summed E-state index contributed by atoms with van der Waals surface area (Å²) in [5.74, 6) is 0. The summed E-state index contributed by atoms with van der Waals surface area (Å²) < 4.78 is 8.77.